The second-order valence-electron chi connectivity index (χ2n) is 6.15. The molecule has 0 radical (unpaired) electrons. The molecule has 0 aromatic heterocycles. The van der Waals surface area contributed by atoms with E-state index in [0.29, 0.717) is 12.1 Å². The topological polar surface area (TPSA) is 32.3 Å². The second-order valence-corrected chi connectivity index (χ2v) is 7.31. The quantitative estimate of drug-likeness (QED) is 0.813. The van der Waals surface area contributed by atoms with Gasteiger partial charge >= 0.3 is 0 Å². The Morgan fingerprint density at radius 2 is 2.15 bits per heavy atom. The number of hydrogen-bond acceptors (Lipinski definition) is 2. The van der Waals surface area contributed by atoms with Gasteiger partial charge in [0.2, 0.25) is 0 Å². The molecule has 1 aromatic rings. The number of aryl methyl sites for hydroxylation is 1. The Bertz CT molecular complexity index is 527. The molecule has 108 valence electrons. The van der Waals surface area contributed by atoms with Crippen molar-refractivity contribution in [2.45, 2.75) is 51.2 Å². The van der Waals surface area contributed by atoms with Crippen molar-refractivity contribution in [1.29, 1.82) is 0 Å². The molecule has 1 heterocycles. The summed E-state index contributed by atoms with van der Waals surface area (Å²) in [5, 5.41) is 3.20. The number of amides is 1. The standard InChI is InChI=1S/C16H21IN2O/c1-10-3-4-12(8-15(10)17)16(20)18-13-7-11(2)19(9-13)14-5-6-14/h3-4,8,11,13-14H,5-7,9H2,1-2H3,(H,18,20)/t11-,13-/m1/s1. The first-order valence-electron chi connectivity index (χ1n) is 7.37. The molecule has 0 unspecified atom stereocenters. The summed E-state index contributed by atoms with van der Waals surface area (Å²) in [5.41, 5.74) is 1.99. The third-order valence-electron chi connectivity index (χ3n) is 4.41. The molecule has 2 fully saturated rings. The monoisotopic (exact) mass is 384 g/mol. The number of carbonyl (C=O) groups is 1. The lowest BCUT2D eigenvalue weighted by Crippen LogP contribution is -2.37. The summed E-state index contributed by atoms with van der Waals surface area (Å²) < 4.78 is 1.15. The van der Waals surface area contributed by atoms with Crippen molar-refractivity contribution in [2.24, 2.45) is 0 Å². The van der Waals surface area contributed by atoms with E-state index in [4.69, 9.17) is 0 Å². The van der Waals surface area contributed by atoms with Gasteiger partial charge in [0.15, 0.2) is 0 Å². The average Bonchev–Trinajstić information content (AvgIpc) is 3.17. The Morgan fingerprint density at radius 3 is 2.80 bits per heavy atom. The Hall–Kier alpha value is -0.620. The fourth-order valence-electron chi connectivity index (χ4n) is 3.08. The molecule has 3 rings (SSSR count). The SMILES string of the molecule is Cc1ccc(C(=O)N[C@@H]2C[C@@H](C)N(C3CC3)C2)cc1I. The molecule has 1 saturated heterocycles. The van der Waals surface area contributed by atoms with Crippen molar-refractivity contribution in [3.05, 3.63) is 32.9 Å². The lowest BCUT2D eigenvalue weighted by Gasteiger charge is -2.19. The first kappa shape index (κ1) is 14.3. The van der Waals surface area contributed by atoms with Gasteiger partial charge < -0.3 is 5.32 Å². The molecule has 1 amide bonds. The van der Waals surface area contributed by atoms with Crippen LogP contribution in [0.15, 0.2) is 18.2 Å². The maximum absolute atomic E-state index is 12.3. The predicted molar refractivity (Wildman–Crippen MR) is 89.0 cm³/mol. The maximum Gasteiger partial charge on any atom is 0.251 e. The fourth-order valence-corrected chi connectivity index (χ4v) is 3.59. The van der Waals surface area contributed by atoms with Gasteiger partial charge in [0.05, 0.1) is 0 Å². The van der Waals surface area contributed by atoms with E-state index in [-0.39, 0.29) is 5.91 Å². The van der Waals surface area contributed by atoms with E-state index in [1.807, 2.05) is 18.2 Å². The van der Waals surface area contributed by atoms with Gasteiger partial charge in [0, 0.05) is 33.8 Å². The van der Waals surface area contributed by atoms with Crippen molar-refractivity contribution in [2.75, 3.05) is 6.54 Å². The minimum atomic E-state index is 0.0674. The van der Waals surface area contributed by atoms with E-state index < -0.39 is 0 Å². The molecule has 0 bridgehead atoms. The summed E-state index contributed by atoms with van der Waals surface area (Å²) in [5.74, 6) is 0.0674. The summed E-state index contributed by atoms with van der Waals surface area (Å²) in [6.07, 6.45) is 3.74. The van der Waals surface area contributed by atoms with E-state index in [9.17, 15) is 4.79 Å². The number of carbonyl (C=O) groups excluding carboxylic acids is 1. The Labute approximate surface area is 134 Å². The van der Waals surface area contributed by atoms with E-state index in [0.717, 1.165) is 28.1 Å². The normalized spacial score (nSPS) is 26.8. The van der Waals surface area contributed by atoms with Gasteiger partial charge in [-0.25, -0.2) is 0 Å². The predicted octanol–water partition coefficient (Wildman–Crippen LogP) is 2.95. The molecule has 1 aliphatic carbocycles. The molecule has 1 saturated carbocycles. The molecular weight excluding hydrogens is 363 g/mol. The van der Waals surface area contributed by atoms with Crippen molar-refractivity contribution >= 4 is 28.5 Å². The molecule has 2 aliphatic rings. The third-order valence-corrected chi connectivity index (χ3v) is 5.57. The van der Waals surface area contributed by atoms with Gasteiger partial charge in [-0.15, -0.1) is 0 Å². The number of benzene rings is 1. The lowest BCUT2D eigenvalue weighted by molar-refractivity contribution is 0.0937. The molecule has 3 nitrogen and oxygen atoms in total. The van der Waals surface area contributed by atoms with Gasteiger partial charge in [-0.3, -0.25) is 9.69 Å². The maximum atomic E-state index is 12.3. The zero-order valence-electron chi connectivity index (χ0n) is 12.0. The van der Waals surface area contributed by atoms with E-state index in [1.165, 1.54) is 18.4 Å². The molecule has 20 heavy (non-hydrogen) atoms. The Kier molecular flexibility index (Phi) is 4.04. The van der Waals surface area contributed by atoms with E-state index >= 15 is 0 Å². The molecule has 0 spiro atoms. The Morgan fingerprint density at radius 1 is 1.40 bits per heavy atom. The molecule has 4 heteroatoms. The molecule has 1 N–H and O–H groups in total. The number of rotatable bonds is 3. The van der Waals surface area contributed by atoms with Gasteiger partial charge in [-0.05, 0) is 73.4 Å². The van der Waals surface area contributed by atoms with E-state index in [1.54, 1.807) is 0 Å². The van der Waals surface area contributed by atoms with Crippen LogP contribution in [0.3, 0.4) is 0 Å². The van der Waals surface area contributed by atoms with Crippen LogP contribution in [0.25, 0.3) is 0 Å². The van der Waals surface area contributed by atoms with Crippen LogP contribution >= 0.6 is 22.6 Å². The molecule has 1 aliphatic heterocycles. The first-order valence-corrected chi connectivity index (χ1v) is 8.45. The van der Waals surface area contributed by atoms with Crippen LogP contribution < -0.4 is 5.32 Å². The molecular formula is C16H21IN2O. The third kappa shape index (κ3) is 3.01. The van der Waals surface area contributed by atoms with E-state index in [2.05, 4.69) is 46.7 Å². The number of nitrogens with zero attached hydrogens (tertiary/aromatic N) is 1. The van der Waals surface area contributed by atoms with Gasteiger partial charge in [0.25, 0.3) is 5.91 Å². The zero-order valence-corrected chi connectivity index (χ0v) is 14.2. The number of hydrogen-bond donors (Lipinski definition) is 1. The highest BCUT2D eigenvalue weighted by molar-refractivity contribution is 14.1. The highest BCUT2D eigenvalue weighted by Crippen LogP contribution is 2.33. The van der Waals surface area contributed by atoms with Gasteiger partial charge in [-0.1, -0.05) is 6.07 Å². The fraction of sp³-hybridized carbons (Fsp3) is 0.562. The second kappa shape index (κ2) is 5.64. The van der Waals surface area contributed by atoms with Gasteiger partial charge in [0.1, 0.15) is 0 Å². The lowest BCUT2D eigenvalue weighted by atomic mass is 10.1. The van der Waals surface area contributed by atoms with Crippen LogP contribution in [0.4, 0.5) is 0 Å². The number of likely N-dealkylation sites (tertiary alicyclic amines) is 1. The summed E-state index contributed by atoms with van der Waals surface area (Å²) >= 11 is 2.28. The van der Waals surface area contributed by atoms with Crippen molar-refractivity contribution in [3.8, 4) is 0 Å². The number of nitrogens with one attached hydrogen (secondary N) is 1. The van der Waals surface area contributed by atoms with Crippen LogP contribution in [-0.4, -0.2) is 35.5 Å². The van der Waals surface area contributed by atoms with Crippen molar-refractivity contribution < 1.29 is 4.79 Å². The van der Waals surface area contributed by atoms with Crippen molar-refractivity contribution in [1.82, 2.24) is 10.2 Å². The first-order chi connectivity index (χ1) is 9.54. The summed E-state index contributed by atoms with van der Waals surface area (Å²) in [6, 6.07) is 7.60. The smallest absolute Gasteiger partial charge is 0.251 e. The number of halogens is 1. The largest absolute Gasteiger partial charge is 0.348 e. The van der Waals surface area contributed by atoms with Crippen molar-refractivity contribution in [3.63, 3.8) is 0 Å². The molecule has 1 aromatic carbocycles. The summed E-state index contributed by atoms with van der Waals surface area (Å²) in [7, 11) is 0. The minimum absolute atomic E-state index is 0.0674. The molecule has 2 atom stereocenters. The van der Waals surface area contributed by atoms with Crippen LogP contribution in [0.5, 0.6) is 0 Å². The summed E-state index contributed by atoms with van der Waals surface area (Å²) in [4.78, 5) is 14.9. The highest BCUT2D eigenvalue weighted by atomic mass is 127. The highest BCUT2D eigenvalue weighted by Gasteiger charge is 2.39. The average molecular weight is 384 g/mol. The minimum Gasteiger partial charge on any atom is -0.348 e. The summed E-state index contributed by atoms with van der Waals surface area (Å²) in [6.45, 7) is 5.36. The Balaban J connectivity index is 1.62. The van der Waals surface area contributed by atoms with Crippen LogP contribution in [0, 0.1) is 10.5 Å². The zero-order chi connectivity index (χ0) is 14.3. The van der Waals surface area contributed by atoms with Crippen LogP contribution in [0.1, 0.15) is 42.1 Å². The van der Waals surface area contributed by atoms with Gasteiger partial charge in [-0.2, -0.15) is 0 Å². The van der Waals surface area contributed by atoms with Crippen LogP contribution in [0.2, 0.25) is 0 Å². The van der Waals surface area contributed by atoms with Crippen LogP contribution in [-0.2, 0) is 0 Å².